The van der Waals surface area contributed by atoms with Gasteiger partial charge in [-0.1, -0.05) is 41.4 Å². The van der Waals surface area contributed by atoms with E-state index in [-0.39, 0.29) is 10.6 Å². The minimum absolute atomic E-state index is 0.0675. The summed E-state index contributed by atoms with van der Waals surface area (Å²) in [5.41, 5.74) is 4.07. The van der Waals surface area contributed by atoms with E-state index < -0.39 is 22.5 Å². The molecule has 1 N–H and O–H groups in total. The highest BCUT2D eigenvalue weighted by atomic mass is 35.5. The number of halogens is 1. The highest BCUT2D eigenvalue weighted by Crippen LogP contribution is 2.26. The number of carbonyl (C=O) groups is 1. The lowest BCUT2D eigenvalue weighted by Gasteiger charge is -2.24. The van der Waals surface area contributed by atoms with Gasteiger partial charge in [-0.05, 0) is 49.4 Å². The highest BCUT2D eigenvalue weighted by molar-refractivity contribution is 7.92. The monoisotopic (exact) mass is 442 g/mol. The van der Waals surface area contributed by atoms with Crippen molar-refractivity contribution in [3.63, 3.8) is 0 Å². The van der Waals surface area contributed by atoms with Crippen molar-refractivity contribution in [2.45, 2.75) is 11.8 Å². The molecule has 30 heavy (non-hydrogen) atoms. The number of nitrogens with one attached hydrogen (secondary N) is 1. The van der Waals surface area contributed by atoms with E-state index in [9.17, 15) is 13.2 Å². The molecule has 0 atom stereocenters. The third-order valence-corrected chi connectivity index (χ3v) is 6.09. The highest BCUT2D eigenvalue weighted by Gasteiger charge is 2.27. The molecule has 0 saturated heterocycles. The second-order valence-corrected chi connectivity index (χ2v) is 8.65. The number of aromatic nitrogens is 1. The molecule has 1 aromatic heterocycles. The lowest BCUT2D eigenvalue weighted by molar-refractivity contribution is -0.119. The molecule has 1 heterocycles. The number of hydrazone groups is 1. The third kappa shape index (κ3) is 5.43. The lowest BCUT2D eigenvalue weighted by Crippen LogP contribution is -2.39. The molecule has 0 saturated carbocycles. The molecule has 0 aliphatic heterocycles. The number of anilines is 1. The number of hydrogen-bond donors (Lipinski definition) is 1. The Morgan fingerprint density at radius 3 is 2.57 bits per heavy atom. The fourth-order valence-corrected chi connectivity index (χ4v) is 4.17. The molecule has 3 rings (SSSR count). The zero-order valence-electron chi connectivity index (χ0n) is 16.1. The maximum Gasteiger partial charge on any atom is 0.264 e. The van der Waals surface area contributed by atoms with E-state index in [0.29, 0.717) is 10.7 Å². The molecular weight excluding hydrogens is 424 g/mol. The lowest BCUT2D eigenvalue weighted by atomic mass is 10.2. The number of aryl methyl sites for hydroxylation is 1. The Morgan fingerprint density at radius 1 is 1.13 bits per heavy atom. The van der Waals surface area contributed by atoms with E-state index in [1.165, 1.54) is 24.4 Å². The molecule has 3 aromatic rings. The number of hydrogen-bond acceptors (Lipinski definition) is 5. The van der Waals surface area contributed by atoms with Crippen molar-refractivity contribution in [3.8, 4) is 0 Å². The van der Waals surface area contributed by atoms with Crippen LogP contribution in [0.5, 0.6) is 0 Å². The summed E-state index contributed by atoms with van der Waals surface area (Å²) >= 11 is 6.04. The summed E-state index contributed by atoms with van der Waals surface area (Å²) in [7, 11) is -4.01. The van der Waals surface area contributed by atoms with Crippen LogP contribution in [0.3, 0.4) is 0 Å². The molecule has 0 fully saturated rings. The molecule has 0 radical (unpaired) electrons. The molecule has 2 aromatic carbocycles. The first kappa shape index (κ1) is 21.5. The van der Waals surface area contributed by atoms with Crippen LogP contribution in [0.1, 0.15) is 11.3 Å². The van der Waals surface area contributed by atoms with E-state index in [4.69, 9.17) is 11.6 Å². The summed E-state index contributed by atoms with van der Waals surface area (Å²) in [5, 5.41) is 4.19. The van der Waals surface area contributed by atoms with Crippen LogP contribution in [0.15, 0.2) is 82.9 Å². The zero-order chi connectivity index (χ0) is 21.6. The van der Waals surface area contributed by atoms with E-state index >= 15 is 0 Å². The van der Waals surface area contributed by atoms with Gasteiger partial charge in [-0.3, -0.25) is 14.1 Å². The number of nitrogens with zero attached hydrogens (tertiary/aromatic N) is 3. The van der Waals surface area contributed by atoms with Crippen molar-refractivity contribution < 1.29 is 13.2 Å². The first-order valence-corrected chi connectivity index (χ1v) is 10.8. The maximum absolute atomic E-state index is 13.2. The molecular formula is C21H19ClN4O3S. The van der Waals surface area contributed by atoms with Gasteiger partial charge in [-0.2, -0.15) is 5.10 Å². The molecule has 0 spiro atoms. The average molecular weight is 443 g/mol. The number of sulfonamides is 1. The normalized spacial score (nSPS) is 11.4. The van der Waals surface area contributed by atoms with Crippen molar-refractivity contribution in [2.24, 2.45) is 5.10 Å². The first-order chi connectivity index (χ1) is 14.4. The predicted octanol–water partition coefficient (Wildman–Crippen LogP) is 3.39. The number of pyridine rings is 1. The standard InChI is InChI=1S/C21H19ClN4O3S/c1-16-8-10-20(11-9-16)30(28,29)26(19-7-4-5-17(22)13-19)15-21(27)25-24-14-18-6-2-3-12-23-18/h2-14H,15H2,1H3,(H,25,27)/b24-14+. The van der Waals surface area contributed by atoms with Crippen LogP contribution in [0.4, 0.5) is 5.69 Å². The van der Waals surface area contributed by atoms with Gasteiger partial charge < -0.3 is 0 Å². The summed E-state index contributed by atoms with van der Waals surface area (Å²) in [5.74, 6) is -0.613. The van der Waals surface area contributed by atoms with Crippen LogP contribution in [0.25, 0.3) is 0 Å². The van der Waals surface area contributed by atoms with Crippen molar-refractivity contribution in [1.82, 2.24) is 10.4 Å². The number of amides is 1. The van der Waals surface area contributed by atoms with Crippen LogP contribution in [0.2, 0.25) is 5.02 Å². The molecule has 0 unspecified atom stereocenters. The van der Waals surface area contributed by atoms with Gasteiger partial charge in [-0.25, -0.2) is 13.8 Å². The predicted molar refractivity (Wildman–Crippen MR) is 117 cm³/mol. The molecule has 1 amide bonds. The van der Waals surface area contributed by atoms with Gasteiger partial charge in [0.2, 0.25) is 0 Å². The quantitative estimate of drug-likeness (QED) is 0.448. The minimum Gasteiger partial charge on any atom is -0.271 e. The molecule has 7 nitrogen and oxygen atoms in total. The summed E-state index contributed by atoms with van der Waals surface area (Å²) in [4.78, 5) is 16.6. The van der Waals surface area contributed by atoms with E-state index in [2.05, 4.69) is 15.5 Å². The van der Waals surface area contributed by atoms with Crippen LogP contribution < -0.4 is 9.73 Å². The summed E-state index contributed by atoms with van der Waals surface area (Å²) in [6.45, 7) is 1.38. The van der Waals surface area contributed by atoms with Crippen LogP contribution in [-0.2, 0) is 14.8 Å². The van der Waals surface area contributed by atoms with E-state index in [1.807, 2.05) is 6.92 Å². The van der Waals surface area contributed by atoms with Gasteiger partial charge in [0.15, 0.2) is 0 Å². The van der Waals surface area contributed by atoms with Gasteiger partial charge in [0.05, 0.1) is 22.5 Å². The van der Waals surface area contributed by atoms with Gasteiger partial charge in [0.1, 0.15) is 6.54 Å². The molecule has 0 aliphatic rings. The molecule has 154 valence electrons. The Bertz CT molecular complexity index is 1150. The Balaban J connectivity index is 1.85. The summed E-state index contributed by atoms with van der Waals surface area (Å²) < 4.78 is 27.5. The second kappa shape index (κ2) is 9.51. The van der Waals surface area contributed by atoms with Gasteiger partial charge >= 0.3 is 0 Å². The van der Waals surface area contributed by atoms with Gasteiger partial charge in [0, 0.05) is 11.2 Å². The van der Waals surface area contributed by atoms with Crippen molar-refractivity contribution in [1.29, 1.82) is 0 Å². The Morgan fingerprint density at radius 2 is 1.90 bits per heavy atom. The van der Waals surface area contributed by atoms with Gasteiger partial charge in [-0.15, -0.1) is 0 Å². The van der Waals surface area contributed by atoms with E-state index in [0.717, 1.165) is 9.87 Å². The maximum atomic E-state index is 13.2. The zero-order valence-corrected chi connectivity index (χ0v) is 17.6. The van der Waals surface area contributed by atoms with Crippen LogP contribution in [0, 0.1) is 6.92 Å². The Kier molecular flexibility index (Phi) is 6.81. The molecule has 0 bridgehead atoms. The number of rotatable bonds is 7. The average Bonchev–Trinajstić information content (AvgIpc) is 2.73. The molecule has 9 heteroatoms. The van der Waals surface area contributed by atoms with Gasteiger partial charge in [0.25, 0.3) is 15.9 Å². The van der Waals surface area contributed by atoms with Crippen molar-refractivity contribution in [2.75, 3.05) is 10.8 Å². The smallest absolute Gasteiger partial charge is 0.264 e. The topological polar surface area (TPSA) is 91.7 Å². The Labute approximate surface area is 180 Å². The Hall–Kier alpha value is -3.23. The number of benzene rings is 2. The summed E-state index contributed by atoms with van der Waals surface area (Å²) in [6.07, 6.45) is 2.97. The fourth-order valence-electron chi connectivity index (χ4n) is 2.57. The first-order valence-electron chi connectivity index (χ1n) is 8.94. The van der Waals surface area contributed by atoms with Crippen LogP contribution >= 0.6 is 11.6 Å². The molecule has 0 aliphatic carbocycles. The third-order valence-electron chi connectivity index (χ3n) is 4.07. The fraction of sp³-hybridized carbons (Fsp3) is 0.0952. The largest absolute Gasteiger partial charge is 0.271 e. The number of carbonyl (C=O) groups excluding carboxylic acids is 1. The van der Waals surface area contributed by atoms with Crippen molar-refractivity contribution in [3.05, 3.63) is 89.2 Å². The SMILES string of the molecule is Cc1ccc(S(=O)(=O)N(CC(=O)N/N=C/c2ccccn2)c2cccc(Cl)c2)cc1. The van der Waals surface area contributed by atoms with Crippen LogP contribution in [-0.4, -0.2) is 32.1 Å². The summed E-state index contributed by atoms with van der Waals surface area (Å²) in [6, 6.07) is 17.9. The minimum atomic E-state index is -4.01. The van der Waals surface area contributed by atoms with Crippen molar-refractivity contribution >= 4 is 39.4 Å². The second-order valence-electron chi connectivity index (χ2n) is 6.35. The van der Waals surface area contributed by atoms with E-state index in [1.54, 1.807) is 54.7 Å².